The van der Waals surface area contributed by atoms with E-state index in [1.165, 1.54) is 17.4 Å². The number of thiophene rings is 2. The molecule has 0 atom stereocenters. The van der Waals surface area contributed by atoms with Crippen molar-refractivity contribution >= 4 is 38.9 Å². The minimum absolute atomic E-state index is 0.108. The molecule has 4 aromatic heterocycles. The summed E-state index contributed by atoms with van der Waals surface area (Å²) in [5, 5.41) is 13.7. The lowest BCUT2D eigenvalue weighted by molar-refractivity contribution is 0.0660. The Labute approximate surface area is 184 Å². The predicted octanol–water partition coefficient (Wildman–Crippen LogP) is 5.12. The van der Waals surface area contributed by atoms with Gasteiger partial charge in [0.15, 0.2) is 0 Å². The van der Waals surface area contributed by atoms with Gasteiger partial charge in [0, 0.05) is 22.2 Å². The summed E-state index contributed by atoms with van der Waals surface area (Å²) in [5.41, 5.74) is 1.75. The summed E-state index contributed by atoms with van der Waals surface area (Å²) in [6.07, 6.45) is 0.477. The van der Waals surface area contributed by atoms with Crippen LogP contribution in [0.25, 0.3) is 20.7 Å². The monoisotopic (exact) mass is 448 g/mol. The van der Waals surface area contributed by atoms with Crippen molar-refractivity contribution in [1.29, 1.82) is 0 Å². The first kappa shape index (κ1) is 19.5. The third-order valence-corrected chi connectivity index (χ3v) is 6.73. The summed E-state index contributed by atoms with van der Waals surface area (Å²) < 4.78 is 7.01. The summed E-state index contributed by atoms with van der Waals surface area (Å²) in [6, 6.07) is 16.7. The van der Waals surface area contributed by atoms with E-state index in [1.54, 1.807) is 22.0 Å². The molecule has 31 heavy (non-hydrogen) atoms. The van der Waals surface area contributed by atoms with Crippen LogP contribution in [0.1, 0.15) is 27.7 Å². The lowest BCUT2D eigenvalue weighted by Crippen LogP contribution is -2.26. The average molecular weight is 449 g/mol. The second-order valence-corrected chi connectivity index (χ2v) is 8.77. The molecule has 8 heteroatoms. The van der Waals surface area contributed by atoms with Crippen molar-refractivity contribution in [3.63, 3.8) is 0 Å². The SMILES string of the molecule is O=C(O)c1ccc(Cn2c(Cc3ccccc3)nc3scc(-c4cccs4)c3c2=O)o1. The fourth-order valence-corrected chi connectivity index (χ4v) is 5.26. The highest BCUT2D eigenvalue weighted by Crippen LogP contribution is 2.34. The number of carboxylic acid groups (broad SMARTS) is 1. The number of nitrogens with zero attached hydrogens (tertiary/aromatic N) is 2. The van der Waals surface area contributed by atoms with E-state index in [-0.39, 0.29) is 17.9 Å². The molecule has 0 bridgehead atoms. The van der Waals surface area contributed by atoms with Crippen LogP contribution in [0.2, 0.25) is 0 Å². The highest BCUT2D eigenvalue weighted by molar-refractivity contribution is 7.18. The Morgan fingerprint density at radius 3 is 2.61 bits per heavy atom. The van der Waals surface area contributed by atoms with Crippen molar-refractivity contribution < 1.29 is 14.3 Å². The van der Waals surface area contributed by atoms with E-state index in [2.05, 4.69) is 0 Å². The largest absolute Gasteiger partial charge is 0.475 e. The molecule has 154 valence electrons. The molecule has 0 aliphatic carbocycles. The summed E-state index contributed by atoms with van der Waals surface area (Å²) in [7, 11) is 0. The number of carboxylic acids is 1. The molecule has 0 aliphatic heterocycles. The number of aromatic carboxylic acids is 1. The molecule has 0 saturated carbocycles. The van der Waals surface area contributed by atoms with E-state index in [1.807, 2.05) is 53.2 Å². The Bertz CT molecular complexity index is 1430. The Morgan fingerprint density at radius 1 is 1.06 bits per heavy atom. The van der Waals surface area contributed by atoms with Gasteiger partial charge in [-0.3, -0.25) is 9.36 Å². The van der Waals surface area contributed by atoms with Crippen LogP contribution >= 0.6 is 22.7 Å². The lowest BCUT2D eigenvalue weighted by Gasteiger charge is -2.12. The van der Waals surface area contributed by atoms with Gasteiger partial charge in [-0.15, -0.1) is 22.7 Å². The van der Waals surface area contributed by atoms with Crippen LogP contribution in [0.15, 0.2) is 74.6 Å². The number of furan rings is 1. The molecule has 6 nitrogen and oxygen atoms in total. The fourth-order valence-electron chi connectivity index (χ4n) is 3.49. The maximum atomic E-state index is 13.6. The van der Waals surface area contributed by atoms with Gasteiger partial charge in [0.2, 0.25) is 5.76 Å². The summed E-state index contributed by atoms with van der Waals surface area (Å²) in [4.78, 5) is 31.4. The molecule has 5 aromatic rings. The van der Waals surface area contributed by atoms with Crippen LogP contribution in [0, 0.1) is 0 Å². The second-order valence-electron chi connectivity index (χ2n) is 6.96. The average Bonchev–Trinajstić information content (AvgIpc) is 3.51. The molecular formula is C23H16N2O4S2. The fraction of sp³-hybridized carbons (Fsp3) is 0.0870. The number of fused-ring (bicyclic) bond motifs is 1. The zero-order valence-electron chi connectivity index (χ0n) is 16.1. The topological polar surface area (TPSA) is 85.3 Å². The summed E-state index contributed by atoms with van der Waals surface area (Å²) in [6.45, 7) is 0.108. The second kappa shape index (κ2) is 7.98. The zero-order chi connectivity index (χ0) is 21.4. The number of aromatic nitrogens is 2. The maximum absolute atomic E-state index is 13.6. The van der Waals surface area contributed by atoms with Crippen LogP contribution < -0.4 is 5.56 Å². The molecule has 0 fully saturated rings. The lowest BCUT2D eigenvalue weighted by atomic mass is 10.1. The Morgan fingerprint density at radius 2 is 1.90 bits per heavy atom. The third-order valence-electron chi connectivity index (χ3n) is 4.95. The van der Waals surface area contributed by atoms with Gasteiger partial charge in [-0.25, -0.2) is 9.78 Å². The van der Waals surface area contributed by atoms with Crippen molar-refractivity contribution in [3.05, 3.63) is 98.6 Å². The number of benzene rings is 1. The van der Waals surface area contributed by atoms with Gasteiger partial charge in [-0.1, -0.05) is 36.4 Å². The Kier molecular flexibility index (Phi) is 5.01. The van der Waals surface area contributed by atoms with Gasteiger partial charge in [0.25, 0.3) is 5.56 Å². The molecule has 0 spiro atoms. The molecule has 4 heterocycles. The number of rotatable bonds is 6. The van der Waals surface area contributed by atoms with Gasteiger partial charge in [-0.05, 0) is 29.1 Å². The molecule has 5 rings (SSSR count). The first-order valence-electron chi connectivity index (χ1n) is 9.51. The highest BCUT2D eigenvalue weighted by atomic mass is 32.1. The molecule has 0 saturated heterocycles. The van der Waals surface area contributed by atoms with Gasteiger partial charge in [0.05, 0.1) is 11.9 Å². The Hall–Kier alpha value is -3.49. The maximum Gasteiger partial charge on any atom is 0.371 e. The predicted molar refractivity (Wildman–Crippen MR) is 121 cm³/mol. The first-order valence-corrected chi connectivity index (χ1v) is 11.3. The highest BCUT2D eigenvalue weighted by Gasteiger charge is 2.19. The number of hydrogen-bond donors (Lipinski definition) is 1. The molecule has 0 amide bonds. The van der Waals surface area contributed by atoms with E-state index in [9.17, 15) is 9.59 Å². The van der Waals surface area contributed by atoms with Gasteiger partial charge in [-0.2, -0.15) is 0 Å². The first-order chi connectivity index (χ1) is 15.1. The van der Waals surface area contributed by atoms with E-state index in [4.69, 9.17) is 14.5 Å². The van der Waals surface area contributed by atoms with Crippen molar-refractivity contribution in [1.82, 2.24) is 9.55 Å². The van der Waals surface area contributed by atoms with Gasteiger partial charge in [0.1, 0.15) is 16.4 Å². The minimum atomic E-state index is -1.14. The van der Waals surface area contributed by atoms with Crippen molar-refractivity contribution in [2.24, 2.45) is 0 Å². The van der Waals surface area contributed by atoms with E-state index in [0.29, 0.717) is 28.2 Å². The van der Waals surface area contributed by atoms with Crippen LogP contribution in [0.5, 0.6) is 0 Å². The van der Waals surface area contributed by atoms with E-state index >= 15 is 0 Å². The third kappa shape index (κ3) is 3.71. The van der Waals surface area contributed by atoms with E-state index < -0.39 is 5.97 Å². The zero-order valence-corrected chi connectivity index (χ0v) is 17.8. The van der Waals surface area contributed by atoms with E-state index in [0.717, 1.165) is 16.0 Å². The molecule has 1 aromatic carbocycles. The molecular weight excluding hydrogens is 432 g/mol. The Balaban J connectivity index is 1.67. The summed E-state index contributed by atoms with van der Waals surface area (Å²) >= 11 is 3.03. The van der Waals surface area contributed by atoms with Crippen LogP contribution in [-0.4, -0.2) is 20.6 Å². The number of carbonyl (C=O) groups is 1. The quantitative estimate of drug-likeness (QED) is 0.390. The standard InChI is InChI=1S/C23H16N2O4S2/c26-22-20-16(18-7-4-10-30-18)13-31-21(20)24-19(11-14-5-2-1-3-6-14)25(22)12-15-8-9-17(29-15)23(27)28/h1-10,13H,11-12H2,(H,27,28). The molecule has 1 N–H and O–H groups in total. The number of hydrogen-bond acceptors (Lipinski definition) is 6. The van der Waals surface area contributed by atoms with Gasteiger partial charge < -0.3 is 9.52 Å². The smallest absolute Gasteiger partial charge is 0.371 e. The van der Waals surface area contributed by atoms with Crippen molar-refractivity contribution in [3.8, 4) is 10.4 Å². The molecule has 0 unspecified atom stereocenters. The van der Waals surface area contributed by atoms with Gasteiger partial charge >= 0.3 is 5.97 Å². The van der Waals surface area contributed by atoms with Crippen molar-refractivity contribution in [2.75, 3.05) is 0 Å². The van der Waals surface area contributed by atoms with Crippen molar-refractivity contribution in [2.45, 2.75) is 13.0 Å². The van der Waals surface area contributed by atoms with Crippen LogP contribution in [-0.2, 0) is 13.0 Å². The molecule has 0 aliphatic rings. The molecule has 0 radical (unpaired) electrons. The van der Waals surface area contributed by atoms with Crippen LogP contribution in [0.4, 0.5) is 0 Å². The summed E-state index contributed by atoms with van der Waals surface area (Å²) in [5.74, 6) is -0.301. The normalized spacial score (nSPS) is 11.2. The minimum Gasteiger partial charge on any atom is -0.475 e. The van der Waals surface area contributed by atoms with Crippen LogP contribution in [0.3, 0.4) is 0 Å².